The number of carboxylic acids is 1. The molecule has 0 bridgehead atoms. The quantitative estimate of drug-likeness (QED) is 0.448. The number of aliphatic carboxylic acids is 1. The molecule has 110 valence electrons. The summed E-state index contributed by atoms with van der Waals surface area (Å²) in [5, 5.41) is 16.1. The topological polar surface area (TPSA) is 136 Å². The number of amides is 3. The molecule has 0 aliphatic carbocycles. The first-order chi connectivity index (χ1) is 9.43. The van der Waals surface area contributed by atoms with Crippen LogP contribution in [0.15, 0.2) is 12.5 Å². The molecule has 9 heteroatoms. The molecule has 1 heterocycles. The number of hydrogen-bond acceptors (Lipinski definition) is 4. The van der Waals surface area contributed by atoms with Gasteiger partial charge in [-0.1, -0.05) is 0 Å². The van der Waals surface area contributed by atoms with Crippen molar-refractivity contribution in [3.8, 4) is 0 Å². The number of nitrogens with zero attached hydrogens (tertiary/aromatic N) is 1. The lowest BCUT2D eigenvalue weighted by molar-refractivity contribution is -0.139. The van der Waals surface area contributed by atoms with Crippen molar-refractivity contribution in [2.45, 2.75) is 25.4 Å². The van der Waals surface area contributed by atoms with Crippen LogP contribution < -0.4 is 16.0 Å². The van der Waals surface area contributed by atoms with Gasteiger partial charge in [-0.25, -0.2) is 14.6 Å². The zero-order valence-corrected chi connectivity index (χ0v) is 11.1. The van der Waals surface area contributed by atoms with Crippen molar-refractivity contribution in [3.63, 3.8) is 0 Å². The Hall–Kier alpha value is -2.58. The van der Waals surface area contributed by atoms with Crippen molar-refractivity contribution < 1.29 is 19.5 Å². The third-order valence-electron chi connectivity index (χ3n) is 2.57. The molecule has 0 saturated heterocycles. The fourth-order valence-electron chi connectivity index (χ4n) is 1.49. The van der Waals surface area contributed by atoms with Gasteiger partial charge in [0.25, 0.3) is 0 Å². The van der Waals surface area contributed by atoms with Crippen LogP contribution in [0.1, 0.15) is 12.6 Å². The molecule has 1 rings (SSSR count). The van der Waals surface area contributed by atoms with Crippen LogP contribution in [-0.2, 0) is 16.0 Å². The highest BCUT2D eigenvalue weighted by atomic mass is 16.4. The van der Waals surface area contributed by atoms with Gasteiger partial charge in [-0.15, -0.1) is 0 Å². The van der Waals surface area contributed by atoms with Gasteiger partial charge in [-0.3, -0.25) is 4.79 Å². The molecule has 0 aliphatic rings. The Morgan fingerprint density at radius 1 is 1.40 bits per heavy atom. The molecule has 5 N–H and O–H groups in total. The Morgan fingerprint density at radius 3 is 2.60 bits per heavy atom. The molecule has 1 aromatic rings. The minimum atomic E-state index is -1.18. The maximum atomic E-state index is 11.6. The second-order valence-electron chi connectivity index (χ2n) is 4.13. The third-order valence-corrected chi connectivity index (χ3v) is 2.57. The van der Waals surface area contributed by atoms with E-state index in [-0.39, 0.29) is 12.3 Å². The summed E-state index contributed by atoms with van der Waals surface area (Å²) >= 11 is 0. The summed E-state index contributed by atoms with van der Waals surface area (Å²) in [4.78, 5) is 40.5. The summed E-state index contributed by atoms with van der Waals surface area (Å²) in [7, 11) is 1.44. The van der Waals surface area contributed by atoms with Gasteiger partial charge in [-0.05, 0) is 6.92 Å². The summed E-state index contributed by atoms with van der Waals surface area (Å²) in [6, 6.07) is -2.61. The van der Waals surface area contributed by atoms with Crippen LogP contribution in [-0.4, -0.2) is 52.1 Å². The zero-order valence-electron chi connectivity index (χ0n) is 11.1. The number of aromatic amines is 1. The van der Waals surface area contributed by atoms with Gasteiger partial charge in [0, 0.05) is 25.4 Å². The number of aromatic nitrogens is 2. The number of carboxylic acid groups (broad SMARTS) is 1. The van der Waals surface area contributed by atoms with Gasteiger partial charge in [0.15, 0.2) is 0 Å². The summed E-state index contributed by atoms with van der Waals surface area (Å²) in [6.45, 7) is 1.49. The molecule has 3 amide bonds. The molecule has 0 aromatic carbocycles. The normalized spacial score (nSPS) is 13.1. The average molecular weight is 283 g/mol. The lowest BCUT2D eigenvalue weighted by Gasteiger charge is -2.17. The van der Waals surface area contributed by atoms with E-state index in [2.05, 4.69) is 25.9 Å². The van der Waals surface area contributed by atoms with E-state index in [0.717, 1.165) is 0 Å². The summed E-state index contributed by atoms with van der Waals surface area (Å²) < 4.78 is 0. The number of carbonyl (C=O) groups is 3. The predicted octanol–water partition coefficient (Wildman–Crippen LogP) is -1.16. The molecule has 0 radical (unpaired) electrons. The first kappa shape index (κ1) is 15.5. The fraction of sp³-hybridized carbons (Fsp3) is 0.455. The van der Waals surface area contributed by atoms with Gasteiger partial charge in [0.2, 0.25) is 5.91 Å². The van der Waals surface area contributed by atoms with Gasteiger partial charge in [-0.2, -0.15) is 0 Å². The number of imidazole rings is 1. The van der Waals surface area contributed by atoms with Gasteiger partial charge in [0.05, 0.1) is 6.33 Å². The number of rotatable bonds is 6. The van der Waals surface area contributed by atoms with E-state index < -0.39 is 24.1 Å². The van der Waals surface area contributed by atoms with E-state index in [1.807, 2.05) is 0 Å². The zero-order chi connectivity index (χ0) is 15.1. The molecule has 2 atom stereocenters. The number of nitrogens with one attached hydrogen (secondary N) is 4. The number of carbonyl (C=O) groups excluding carboxylic acids is 2. The van der Waals surface area contributed by atoms with E-state index in [1.54, 1.807) is 0 Å². The van der Waals surface area contributed by atoms with E-state index in [0.29, 0.717) is 5.69 Å². The van der Waals surface area contributed by atoms with Crippen molar-refractivity contribution in [1.29, 1.82) is 0 Å². The second kappa shape index (κ2) is 7.12. The van der Waals surface area contributed by atoms with E-state index in [1.165, 1.54) is 26.5 Å². The number of H-pyrrole nitrogens is 1. The minimum Gasteiger partial charge on any atom is -0.480 e. The third kappa shape index (κ3) is 4.59. The molecular formula is C11H17N5O4. The van der Waals surface area contributed by atoms with Crippen LogP contribution in [0, 0.1) is 0 Å². The molecular weight excluding hydrogens is 266 g/mol. The highest BCUT2D eigenvalue weighted by Crippen LogP contribution is 1.99. The number of likely N-dealkylation sites (N-methyl/N-ethyl adjacent to an activating group) is 1. The molecule has 0 saturated carbocycles. The molecule has 1 unspecified atom stereocenters. The van der Waals surface area contributed by atoms with Crippen molar-refractivity contribution in [2.75, 3.05) is 7.05 Å². The lowest BCUT2D eigenvalue weighted by atomic mass is 10.1. The summed E-state index contributed by atoms with van der Waals surface area (Å²) in [5.41, 5.74) is 0.581. The first-order valence-corrected chi connectivity index (χ1v) is 5.92. The van der Waals surface area contributed by atoms with Crippen LogP contribution in [0.5, 0.6) is 0 Å². The van der Waals surface area contributed by atoms with Crippen molar-refractivity contribution >= 4 is 17.9 Å². The monoisotopic (exact) mass is 283 g/mol. The van der Waals surface area contributed by atoms with Crippen molar-refractivity contribution in [1.82, 2.24) is 25.9 Å². The molecule has 0 fully saturated rings. The maximum Gasteiger partial charge on any atom is 0.326 e. The van der Waals surface area contributed by atoms with Crippen molar-refractivity contribution in [3.05, 3.63) is 18.2 Å². The minimum absolute atomic E-state index is 0.0666. The molecule has 20 heavy (non-hydrogen) atoms. The second-order valence-corrected chi connectivity index (χ2v) is 4.13. The summed E-state index contributed by atoms with van der Waals surface area (Å²) in [6.07, 6.45) is 2.96. The Labute approximate surface area is 115 Å². The molecule has 0 spiro atoms. The van der Waals surface area contributed by atoms with Crippen LogP contribution in [0.25, 0.3) is 0 Å². The first-order valence-electron chi connectivity index (χ1n) is 5.92. The Bertz CT molecular complexity index is 473. The fourth-order valence-corrected chi connectivity index (χ4v) is 1.49. The van der Waals surface area contributed by atoms with Gasteiger partial charge < -0.3 is 26.0 Å². The van der Waals surface area contributed by atoms with Crippen LogP contribution >= 0.6 is 0 Å². The molecule has 9 nitrogen and oxygen atoms in total. The maximum absolute atomic E-state index is 11.6. The van der Waals surface area contributed by atoms with Gasteiger partial charge >= 0.3 is 12.0 Å². The molecule has 0 aliphatic heterocycles. The Balaban J connectivity index is 2.55. The van der Waals surface area contributed by atoms with Gasteiger partial charge in [0.1, 0.15) is 12.1 Å². The van der Waals surface area contributed by atoms with Crippen LogP contribution in [0.3, 0.4) is 0 Å². The van der Waals surface area contributed by atoms with Crippen LogP contribution in [0.4, 0.5) is 4.79 Å². The highest BCUT2D eigenvalue weighted by Gasteiger charge is 2.22. The van der Waals surface area contributed by atoms with E-state index in [4.69, 9.17) is 5.11 Å². The summed E-state index contributed by atoms with van der Waals surface area (Å²) in [5.74, 6) is -1.55. The molecule has 1 aromatic heterocycles. The highest BCUT2D eigenvalue weighted by molar-refractivity contribution is 5.88. The number of hydrogen-bond donors (Lipinski definition) is 5. The average Bonchev–Trinajstić information content (AvgIpc) is 2.89. The van der Waals surface area contributed by atoms with E-state index >= 15 is 0 Å². The Morgan fingerprint density at radius 2 is 2.10 bits per heavy atom. The van der Waals surface area contributed by atoms with E-state index in [9.17, 15) is 14.4 Å². The number of urea groups is 1. The standard InChI is InChI=1S/C11H17N5O4/c1-6(9(17)12-2)15-11(20)16-8(10(18)19)3-7-4-13-5-14-7/h4-6,8H,3H2,1-2H3,(H,12,17)(H,13,14)(H,18,19)(H2,15,16,20)/t6?,8-/m0/s1. The smallest absolute Gasteiger partial charge is 0.326 e. The SMILES string of the molecule is CNC(=O)C(C)NC(=O)N[C@@H](Cc1cnc[nH]1)C(=O)O. The Kier molecular flexibility index (Phi) is 5.51. The van der Waals surface area contributed by atoms with Crippen LogP contribution in [0.2, 0.25) is 0 Å². The lowest BCUT2D eigenvalue weighted by Crippen LogP contribution is -2.52. The van der Waals surface area contributed by atoms with Crippen molar-refractivity contribution in [2.24, 2.45) is 0 Å². The largest absolute Gasteiger partial charge is 0.480 e. The predicted molar refractivity (Wildman–Crippen MR) is 68.9 cm³/mol.